The maximum absolute atomic E-state index is 10.3. The topological polar surface area (TPSA) is 20.2 Å². The predicted octanol–water partition coefficient (Wildman–Crippen LogP) is 4.09. The number of rotatable bonds is 6. The molecule has 1 fully saturated rings. The summed E-state index contributed by atoms with van der Waals surface area (Å²) in [5.41, 5.74) is 0. The van der Waals surface area contributed by atoms with Crippen LogP contribution in [0.1, 0.15) is 33.1 Å². The fourth-order valence-electron chi connectivity index (χ4n) is 2.13. The minimum absolute atomic E-state index is 0.140. The van der Waals surface area contributed by atoms with E-state index in [0.717, 1.165) is 12.8 Å². The summed E-state index contributed by atoms with van der Waals surface area (Å²) in [4.78, 5) is 0. The third-order valence-electron chi connectivity index (χ3n) is 3.29. The molecule has 0 saturated carbocycles. The second-order valence-electron chi connectivity index (χ2n) is 4.52. The zero-order chi connectivity index (χ0) is 12.7. The molecular weight excluding hydrogens is 248 g/mol. The molecule has 1 aliphatic heterocycles. The zero-order valence-corrected chi connectivity index (χ0v) is 12.5. The first-order valence-corrected chi connectivity index (χ1v) is 8.31. The standard InChI is InChI=1S/C14H24OS2/c1-4-6-8-13(15)12(3)14(9-5-2)16-10-7-11-17-14/h4-6,12-13,15H,2,7-11H2,1,3H3/b6-4+/t12-,13+/m1/s1. The Bertz CT molecular complexity index is 257. The number of hydrogen-bond donors (Lipinski definition) is 1. The van der Waals surface area contributed by atoms with E-state index in [1.54, 1.807) is 0 Å². The fourth-order valence-corrected chi connectivity index (χ4v) is 5.73. The predicted molar refractivity (Wildman–Crippen MR) is 81.7 cm³/mol. The molecule has 1 aliphatic rings. The number of hydrogen-bond acceptors (Lipinski definition) is 3. The van der Waals surface area contributed by atoms with Crippen LogP contribution in [0, 0.1) is 5.92 Å². The van der Waals surface area contributed by atoms with Gasteiger partial charge in [-0.1, -0.05) is 25.2 Å². The highest BCUT2D eigenvalue weighted by Crippen LogP contribution is 2.51. The largest absolute Gasteiger partial charge is 0.392 e. The molecule has 0 bridgehead atoms. The molecule has 3 heteroatoms. The van der Waals surface area contributed by atoms with Crippen molar-refractivity contribution in [3.8, 4) is 0 Å². The highest BCUT2D eigenvalue weighted by molar-refractivity contribution is 8.18. The Hall–Kier alpha value is 0.140. The van der Waals surface area contributed by atoms with E-state index in [9.17, 15) is 5.11 Å². The van der Waals surface area contributed by atoms with Crippen molar-refractivity contribution in [2.75, 3.05) is 11.5 Å². The summed E-state index contributed by atoms with van der Waals surface area (Å²) < 4.78 is 0.140. The Morgan fingerprint density at radius 3 is 2.59 bits per heavy atom. The molecule has 1 rings (SSSR count). The van der Waals surface area contributed by atoms with Gasteiger partial charge < -0.3 is 5.11 Å². The second kappa shape index (κ2) is 7.55. The first-order chi connectivity index (χ1) is 8.16. The lowest BCUT2D eigenvalue weighted by Gasteiger charge is -2.42. The van der Waals surface area contributed by atoms with Gasteiger partial charge in [0.1, 0.15) is 0 Å². The van der Waals surface area contributed by atoms with Gasteiger partial charge in [-0.2, -0.15) is 0 Å². The van der Waals surface area contributed by atoms with Crippen LogP contribution in [-0.4, -0.2) is 26.8 Å². The molecule has 1 heterocycles. The Morgan fingerprint density at radius 1 is 1.41 bits per heavy atom. The normalized spacial score (nSPS) is 23.5. The lowest BCUT2D eigenvalue weighted by molar-refractivity contribution is 0.113. The highest BCUT2D eigenvalue weighted by atomic mass is 32.2. The molecule has 17 heavy (non-hydrogen) atoms. The maximum atomic E-state index is 10.3. The number of aliphatic hydroxyl groups is 1. The molecule has 0 spiro atoms. The highest BCUT2D eigenvalue weighted by Gasteiger charge is 2.40. The summed E-state index contributed by atoms with van der Waals surface area (Å²) >= 11 is 4.03. The molecule has 0 unspecified atom stereocenters. The van der Waals surface area contributed by atoms with E-state index >= 15 is 0 Å². The summed E-state index contributed by atoms with van der Waals surface area (Å²) in [6.45, 7) is 8.07. The number of allylic oxidation sites excluding steroid dienone is 2. The van der Waals surface area contributed by atoms with Crippen molar-refractivity contribution < 1.29 is 5.11 Å². The number of aliphatic hydroxyl groups excluding tert-OH is 1. The molecule has 0 aromatic heterocycles. The lowest BCUT2D eigenvalue weighted by Crippen LogP contribution is -2.39. The minimum Gasteiger partial charge on any atom is -0.392 e. The zero-order valence-electron chi connectivity index (χ0n) is 10.9. The van der Waals surface area contributed by atoms with E-state index in [4.69, 9.17) is 0 Å². The van der Waals surface area contributed by atoms with Crippen molar-refractivity contribution in [1.82, 2.24) is 0 Å². The van der Waals surface area contributed by atoms with E-state index in [1.807, 2.05) is 42.6 Å². The Balaban J connectivity index is 2.70. The van der Waals surface area contributed by atoms with E-state index in [0.29, 0.717) is 5.92 Å². The Morgan fingerprint density at radius 2 is 2.06 bits per heavy atom. The van der Waals surface area contributed by atoms with Crippen LogP contribution in [0.5, 0.6) is 0 Å². The van der Waals surface area contributed by atoms with E-state index in [1.165, 1.54) is 17.9 Å². The van der Waals surface area contributed by atoms with Crippen LogP contribution in [-0.2, 0) is 0 Å². The molecule has 0 aromatic rings. The molecular formula is C14H24OS2. The van der Waals surface area contributed by atoms with Gasteiger partial charge in [-0.3, -0.25) is 0 Å². The van der Waals surface area contributed by atoms with E-state index < -0.39 is 0 Å². The van der Waals surface area contributed by atoms with Crippen molar-refractivity contribution in [2.24, 2.45) is 5.92 Å². The van der Waals surface area contributed by atoms with Crippen molar-refractivity contribution in [3.63, 3.8) is 0 Å². The summed E-state index contributed by atoms with van der Waals surface area (Å²) in [6.07, 6.45) is 8.85. The van der Waals surface area contributed by atoms with Gasteiger partial charge in [0.15, 0.2) is 0 Å². The van der Waals surface area contributed by atoms with Gasteiger partial charge in [0.05, 0.1) is 10.2 Å². The quantitative estimate of drug-likeness (QED) is 0.735. The smallest absolute Gasteiger partial charge is 0.0695 e. The van der Waals surface area contributed by atoms with Gasteiger partial charge in [-0.25, -0.2) is 0 Å². The molecule has 0 aromatic carbocycles. The first-order valence-electron chi connectivity index (χ1n) is 6.34. The van der Waals surface area contributed by atoms with Gasteiger partial charge >= 0.3 is 0 Å². The Labute approximate surface area is 114 Å². The summed E-state index contributed by atoms with van der Waals surface area (Å²) in [5, 5.41) is 10.3. The number of thioether (sulfide) groups is 2. The summed E-state index contributed by atoms with van der Waals surface area (Å²) in [6, 6.07) is 0. The second-order valence-corrected chi connectivity index (χ2v) is 7.63. The van der Waals surface area contributed by atoms with Crippen LogP contribution in [0.4, 0.5) is 0 Å². The van der Waals surface area contributed by atoms with Gasteiger partial charge in [0, 0.05) is 5.92 Å². The molecule has 1 saturated heterocycles. The molecule has 0 amide bonds. The van der Waals surface area contributed by atoms with Crippen LogP contribution >= 0.6 is 23.5 Å². The van der Waals surface area contributed by atoms with Crippen LogP contribution in [0.15, 0.2) is 24.8 Å². The van der Waals surface area contributed by atoms with Crippen molar-refractivity contribution in [2.45, 2.75) is 43.3 Å². The molecule has 98 valence electrons. The molecule has 2 atom stereocenters. The van der Waals surface area contributed by atoms with Crippen molar-refractivity contribution >= 4 is 23.5 Å². The molecule has 0 radical (unpaired) electrons. The van der Waals surface area contributed by atoms with Gasteiger partial charge in [0.25, 0.3) is 0 Å². The SMILES string of the molecule is C=CCC1([C@H](C)[C@@H](O)C/C=C/C)SCCCS1. The first kappa shape index (κ1) is 15.2. The maximum Gasteiger partial charge on any atom is 0.0695 e. The summed E-state index contributed by atoms with van der Waals surface area (Å²) in [7, 11) is 0. The van der Waals surface area contributed by atoms with Crippen molar-refractivity contribution in [1.29, 1.82) is 0 Å². The third-order valence-corrected chi connectivity index (χ3v) is 7.04. The molecule has 0 aliphatic carbocycles. The van der Waals surface area contributed by atoms with E-state index in [-0.39, 0.29) is 10.2 Å². The average molecular weight is 272 g/mol. The van der Waals surface area contributed by atoms with Crippen LogP contribution in [0.3, 0.4) is 0 Å². The van der Waals surface area contributed by atoms with Gasteiger partial charge in [-0.05, 0) is 37.7 Å². The summed E-state index contributed by atoms with van der Waals surface area (Å²) in [5.74, 6) is 2.72. The van der Waals surface area contributed by atoms with Crippen molar-refractivity contribution in [3.05, 3.63) is 24.8 Å². The van der Waals surface area contributed by atoms with E-state index in [2.05, 4.69) is 19.6 Å². The minimum atomic E-state index is -0.246. The van der Waals surface area contributed by atoms with Crippen LogP contribution in [0.25, 0.3) is 0 Å². The monoisotopic (exact) mass is 272 g/mol. The average Bonchev–Trinajstić information content (AvgIpc) is 2.36. The van der Waals surface area contributed by atoms with Gasteiger partial charge in [0.2, 0.25) is 0 Å². The van der Waals surface area contributed by atoms with Crippen LogP contribution < -0.4 is 0 Å². The van der Waals surface area contributed by atoms with Crippen LogP contribution in [0.2, 0.25) is 0 Å². The fraction of sp³-hybridized carbons (Fsp3) is 0.714. The lowest BCUT2D eigenvalue weighted by atomic mass is 9.95. The molecule has 1 nitrogen and oxygen atoms in total. The molecule has 1 N–H and O–H groups in total. The van der Waals surface area contributed by atoms with Gasteiger partial charge in [-0.15, -0.1) is 30.1 Å². The third kappa shape index (κ3) is 4.08. The Kier molecular flexibility index (Phi) is 6.75.